The van der Waals surface area contributed by atoms with Crippen molar-refractivity contribution in [2.24, 2.45) is 5.92 Å². The number of hydrogen-bond acceptors (Lipinski definition) is 3. The number of anilines is 1. The van der Waals surface area contributed by atoms with Gasteiger partial charge in [0.05, 0.1) is 14.2 Å². The summed E-state index contributed by atoms with van der Waals surface area (Å²) in [4.78, 5) is 14.4. The molecule has 0 spiro atoms. The molecule has 2 amide bonds. The third kappa shape index (κ3) is 4.06. The Labute approximate surface area is 133 Å². The van der Waals surface area contributed by atoms with Crippen LogP contribution in [0.5, 0.6) is 11.5 Å². The number of rotatable bonds is 6. The van der Waals surface area contributed by atoms with Gasteiger partial charge in [-0.25, -0.2) is 4.79 Å². The maximum Gasteiger partial charge on any atom is 0.322 e. The van der Waals surface area contributed by atoms with E-state index in [1.165, 1.54) is 0 Å². The van der Waals surface area contributed by atoms with Gasteiger partial charge in [0.15, 0.2) is 11.5 Å². The van der Waals surface area contributed by atoms with Crippen molar-refractivity contribution in [3.8, 4) is 11.5 Å². The van der Waals surface area contributed by atoms with Gasteiger partial charge in [-0.1, -0.05) is 13.8 Å². The molecule has 1 unspecified atom stereocenters. The molecule has 0 bridgehead atoms. The predicted octanol–water partition coefficient (Wildman–Crippen LogP) is 3.91. The monoisotopic (exact) mass is 308 g/mol. The van der Waals surface area contributed by atoms with Crippen molar-refractivity contribution in [1.82, 2.24) is 4.90 Å². The van der Waals surface area contributed by atoms with Crippen LogP contribution < -0.4 is 14.8 Å². The second-order valence-electron chi connectivity index (χ2n) is 5.72. The molecule has 0 aliphatic heterocycles. The Morgan fingerprint density at radius 3 is 2.18 bits per heavy atom. The summed E-state index contributed by atoms with van der Waals surface area (Å²) in [6.45, 7) is 10.9. The van der Waals surface area contributed by atoms with Crippen LogP contribution in [-0.2, 0) is 0 Å². The topological polar surface area (TPSA) is 50.8 Å². The number of carbonyl (C=O) groups is 1. The van der Waals surface area contributed by atoms with Gasteiger partial charge in [-0.2, -0.15) is 0 Å². The maximum absolute atomic E-state index is 12.5. The number of benzene rings is 1. The molecule has 1 atom stereocenters. The van der Waals surface area contributed by atoms with E-state index < -0.39 is 0 Å². The van der Waals surface area contributed by atoms with E-state index in [9.17, 15) is 4.79 Å². The lowest BCUT2D eigenvalue weighted by Crippen LogP contribution is -2.43. The van der Waals surface area contributed by atoms with Gasteiger partial charge in [0.25, 0.3) is 0 Å². The van der Waals surface area contributed by atoms with Crippen molar-refractivity contribution >= 4 is 11.7 Å². The molecule has 1 rings (SSSR count). The fourth-order valence-electron chi connectivity index (χ4n) is 2.28. The Morgan fingerprint density at radius 1 is 1.18 bits per heavy atom. The number of methoxy groups -OCH3 is 2. The average Bonchev–Trinajstić information content (AvgIpc) is 2.49. The highest BCUT2D eigenvalue weighted by Gasteiger charge is 2.22. The summed E-state index contributed by atoms with van der Waals surface area (Å²) in [5.74, 6) is 1.65. The van der Waals surface area contributed by atoms with Gasteiger partial charge in [0.2, 0.25) is 0 Å². The van der Waals surface area contributed by atoms with Crippen LogP contribution >= 0.6 is 0 Å². The van der Waals surface area contributed by atoms with Crippen molar-refractivity contribution < 1.29 is 14.3 Å². The van der Waals surface area contributed by atoms with Gasteiger partial charge in [0.1, 0.15) is 0 Å². The Kier molecular flexibility index (Phi) is 6.53. The number of nitrogens with zero attached hydrogens (tertiary/aromatic N) is 1. The minimum absolute atomic E-state index is 0.0981. The standard InChI is InChI=1S/C17H28N2O3/c1-8-19(13(5)11(2)3)17(20)18-14-10-16(22-7)15(21-6)9-12(14)4/h9-11,13H,8H2,1-7H3,(H,18,20). The van der Waals surface area contributed by atoms with Gasteiger partial charge >= 0.3 is 6.03 Å². The summed E-state index contributed by atoms with van der Waals surface area (Å²) in [5.41, 5.74) is 1.66. The normalized spacial score (nSPS) is 12.0. The summed E-state index contributed by atoms with van der Waals surface area (Å²) in [7, 11) is 3.18. The first-order chi connectivity index (χ1) is 10.3. The van der Waals surface area contributed by atoms with Crippen molar-refractivity contribution in [3.05, 3.63) is 17.7 Å². The molecular weight excluding hydrogens is 280 g/mol. The number of carbonyl (C=O) groups excluding carboxylic acids is 1. The molecule has 0 aliphatic carbocycles. The minimum atomic E-state index is -0.0981. The van der Waals surface area contributed by atoms with E-state index in [2.05, 4.69) is 26.1 Å². The molecule has 0 saturated carbocycles. The molecule has 5 heteroatoms. The first-order valence-corrected chi connectivity index (χ1v) is 7.65. The Hall–Kier alpha value is -1.91. The zero-order chi connectivity index (χ0) is 16.9. The van der Waals surface area contributed by atoms with Crippen molar-refractivity contribution in [2.45, 2.75) is 40.7 Å². The Balaban J connectivity index is 3.00. The van der Waals surface area contributed by atoms with E-state index in [1.54, 1.807) is 20.3 Å². The Morgan fingerprint density at radius 2 is 1.73 bits per heavy atom. The maximum atomic E-state index is 12.5. The van der Waals surface area contributed by atoms with Crippen LogP contribution in [0.2, 0.25) is 0 Å². The largest absolute Gasteiger partial charge is 0.493 e. The fourth-order valence-corrected chi connectivity index (χ4v) is 2.28. The molecule has 124 valence electrons. The first-order valence-electron chi connectivity index (χ1n) is 7.65. The van der Waals surface area contributed by atoms with Gasteiger partial charge < -0.3 is 19.7 Å². The van der Waals surface area contributed by atoms with Crippen LogP contribution in [-0.4, -0.2) is 37.7 Å². The van der Waals surface area contributed by atoms with E-state index in [0.29, 0.717) is 24.0 Å². The smallest absolute Gasteiger partial charge is 0.322 e. The van der Waals surface area contributed by atoms with Gasteiger partial charge in [-0.15, -0.1) is 0 Å². The van der Waals surface area contributed by atoms with Gasteiger partial charge in [-0.05, 0) is 38.3 Å². The lowest BCUT2D eigenvalue weighted by atomic mass is 10.1. The molecule has 1 aromatic carbocycles. The number of hydrogen-bond donors (Lipinski definition) is 1. The highest BCUT2D eigenvalue weighted by atomic mass is 16.5. The second-order valence-corrected chi connectivity index (χ2v) is 5.72. The summed E-state index contributed by atoms with van der Waals surface area (Å²) < 4.78 is 10.6. The number of amides is 2. The van der Waals surface area contributed by atoms with Crippen LogP contribution in [0.25, 0.3) is 0 Å². The molecule has 1 N–H and O–H groups in total. The van der Waals surface area contributed by atoms with E-state index in [4.69, 9.17) is 9.47 Å². The summed E-state index contributed by atoms with van der Waals surface area (Å²) in [5, 5.41) is 2.97. The quantitative estimate of drug-likeness (QED) is 0.867. The van der Waals surface area contributed by atoms with E-state index in [-0.39, 0.29) is 12.1 Å². The second kappa shape index (κ2) is 7.92. The molecule has 0 fully saturated rings. The Bertz CT molecular complexity index is 515. The summed E-state index contributed by atoms with van der Waals surface area (Å²) in [6, 6.07) is 3.72. The number of aryl methyl sites for hydroxylation is 1. The number of nitrogens with one attached hydrogen (secondary N) is 1. The van der Waals surface area contributed by atoms with E-state index in [1.807, 2.05) is 24.8 Å². The lowest BCUT2D eigenvalue weighted by Gasteiger charge is -2.31. The van der Waals surface area contributed by atoms with Crippen molar-refractivity contribution in [1.29, 1.82) is 0 Å². The van der Waals surface area contributed by atoms with E-state index in [0.717, 1.165) is 11.3 Å². The molecule has 1 aromatic rings. The highest BCUT2D eigenvalue weighted by Crippen LogP contribution is 2.33. The lowest BCUT2D eigenvalue weighted by molar-refractivity contribution is 0.179. The first kappa shape index (κ1) is 18.1. The van der Waals surface area contributed by atoms with Crippen molar-refractivity contribution in [3.63, 3.8) is 0 Å². The average molecular weight is 308 g/mol. The van der Waals surface area contributed by atoms with Crippen LogP contribution in [0.3, 0.4) is 0 Å². The molecule has 22 heavy (non-hydrogen) atoms. The zero-order valence-electron chi connectivity index (χ0n) is 14.7. The highest BCUT2D eigenvalue weighted by molar-refractivity contribution is 5.91. The summed E-state index contributed by atoms with van der Waals surface area (Å²) >= 11 is 0. The SMILES string of the molecule is CCN(C(=O)Nc1cc(OC)c(OC)cc1C)C(C)C(C)C. The van der Waals surface area contributed by atoms with Crippen LogP contribution in [0.15, 0.2) is 12.1 Å². The number of urea groups is 1. The molecule has 0 aromatic heterocycles. The molecule has 0 aliphatic rings. The molecule has 0 saturated heterocycles. The van der Waals surface area contributed by atoms with Crippen LogP contribution in [0.1, 0.15) is 33.3 Å². The molecular formula is C17H28N2O3. The summed E-state index contributed by atoms with van der Waals surface area (Å²) in [6.07, 6.45) is 0. The third-order valence-electron chi connectivity index (χ3n) is 4.03. The minimum Gasteiger partial charge on any atom is -0.493 e. The van der Waals surface area contributed by atoms with Crippen molar-refractivity contribution in [2.75, 3.05) is 26.1 Å². The van der Waals surface area contributed by atoms with Crippen LogP contribution in [0, 0.1) is 12.8 Å². The fraction of sp³-hybridized carbons (Fsp3) is 0.588. The third-order valence-corrected chi connectivity index (χ3v) is 4.03. The molecule has 0 heterocycles. The van der Waals surface area contributed by atoms with E-state index >= 15 is 0 Å². The molecule has 0 radical (unpaired) electrons. The van der Waals surface area contributed by atoms with Gasteiger partial charge in [-0.3, -0.25) is 0 Å². The predicted molar refractivity (Wildman–Crippen MR) is 90.0 cm³/mol. The number of ether oxygens (including phenoxy) is 2. The zero-order valence-corrected chi connectivity index (χ0v) is 14.7. The van der Waals surface area contributed by atoms with Gasteiger partial charge in [0, 0.05) is 24.3 Å². The van der Waals surface area contributed by atoms with Crippen LogP contribution in [0.4, 0.5) is 10.5 Å². The molecule has 5 nitrogen and oxygen atoms in total.